The van der Waals surface area contributed by atoms with Crippen LogP contribution in [0.5, 0.6) is 5.75 Å². The van der Waals surface area contributed by atoms with Crippen LogP contribution in [0.3, 0.4) is 0 Å². The predicted octanol–water partition coefficient (Wildman–Crippen LogP) is 2.30. The number of β-amino-alcohol motifs (C(OH)–C–C–N with tert-alkyl or cyclic N) is 1. The number of rotatable bonds is 6. The first-order valence-electron chi connectivity index (χ1n) is 11.4. The van der Waals surface area contributed by atoms with Gasteiger partial charge in [0.25, 0.3) is 0 Å². The van der Waals surface area contributed by atoms with E-state index in [0.717, 1.165) is 39.6 Å². The van der Waals surface area contributed by atoms with Gasteiger partial charge in [0, 0.05) is 63.2 Å². The molecule has 0 saturated carbocycles. The topological polar surface area (TPSA) is 92.7 Å². The summed E-state index contributed by atoms with van der Waals surface area (Å²) in [6, 6.07) is 5.15. The van der Waals surface area contributed by atoms with E-state index in [2.05, 4.69) is 20.3 Å². The second-order valence-corrected chi connectivity index (χ2v) is 9.02. The van der Waals surface area contributed by atoms with E-state index in [-0.39, 0.29) is 18.5 Å². The van der Waals surface area contributed by atoms with Gasteiger partial charge in [-0.05, 0) is 25.1 Å². The zero-order valence-electron chi connectivity index (χ0n) is 19.1. The first-order chi connectivity index (χ1) is 16.5. The summed E-state index contributed by atoms with van der Waals surface area (Å²) >= 11 is 0. The number of aromatic nitrogens is 5. The van der Waals surface area contributed by atoms with E-state index in [0.29, 0.717) is 44.2 Å². The summed E-state index contributed by atoms with van der Waals surface area (Å²) in [6.07, 6.45) is 4.17. The number of ether oxygens (including phenoxy) is 1. The van der Waals surface area contributed by atoms with Crippen LogP contribution in [0, 0.1) is 12.7 Å². The molecular weight excluding hydrogens is 437 g/mol. The number of likely N-dealkylation sites (tertiary alicyclic amines) is 1. The molecule has 2 N–H and O–H groups in total. The molecule has 6 rings (SSSR count). The number of imidazole rings is 1. The van der Waals surface area contributed by atoms with Gasteiger partial charge in [0.1, 0.15) is 11.6 Å². The fraction of sp³-hybridized carbons (Fsp3) is 0.375. The van der Waals surface area contributed by atoms with Gasteiger partial charge in [0.05, 0.1) is 35.4 Å². The average molecular weight is 464 g/mol. The first-order valence-corrected chi connectivity index (χ1v) is 11.4. The number of hydrogen-bond donors (Lipinski definition) is 2. The Hall–Kier alpha value is -3.50. The van der Waals surface area contributed by atoms with Gasteiger partial charge in [0.2, 0.25) is 5.95 Å². The van der Waals surface area contributed by atoms with Crippen molar-refractivity contribution in [3.8, 4) is 17.0 Å². The lowest BCUT2D eigenvalue weighted by atomic mass is 10.0. The lowest BCUT2D eigenvalue weighted by Gasteiger charge is -2.35. The van der Waals surface area contributed by atoms with Gasteiger partial charge in [-0.2, -0.15) is 5.10 Å². The lowest BCUT2D eigenvalue weighted by Crippen LogP contribution is -2.49. The number of aryl methyl sites for hydroxylation is 2. The maximum absolute atomic E-state index is 14.6. The number of aliphatic hydroxyl groups is 1. The Morgan fingerprint density at radius 2 is 2.15 bits per heavy atom. The quantitative estimate of drug-likeness (QED) is 0.453. The molecule has 9 nitrogen and oxygen atoms in total. The molecule has 2 aliphatic heterocycles. The van der Waals surface area contributed by atoms with Gasteiger partial charge in [0.15, 0.2) is 5.65 Å². The van der Waals surface area contributed by atoms with Crippen molar-refractivity contribution in [2.45, 2.75) is 32.5 Å². The molecule has 34 heavy (non-hydrogen) atoms. The average Bonchev–Trinajstić information content (AvgIpc) is 3.50. The maximum atomic E-state index is 14.6. The summed E-state index contributed by atoms with van der Waals surface area (Å²) in [5.41, 5.74) is 5.84. The van der Waals surface area contributed by atoms with E-state index in [9.17, 15) is 9.50 Å². The van der Waals surface area contributed by atoms with Crippen molar-refractivity contribution in [3.05, 3.63) is 58.9 Å². The predicted molar refractivity (Wildman–Crippen MR) is 124 cm³/mol. The fourth-order valence-electron chi connectivity index (χ4n) is 4.85. The Bertz CT molecular complexity index is 1390. The Morgan fingerprint density at radius 3 is 2.91 bits per heavy atom. The number of benzene rings is 1. The van der Waals surface area contributed by atoms with Crippen molar-refractivity contribution in [3.63, 3.8) is 0 Å². The highest BCUT2D eigenvalue weighted by atomic mass is 19.1. The molecule has 176 valence electrons. The van der Waals surface area contributed by atoms with Gasteiger partial charge in [-0.1, -0.05) is 0 Å². The summed E-state index contributed by atoms with van der Waals surface area (Å²) < 4.78 is 24.0. The van der Waals surface area contributed by atoms with Crippen LogP contribution in [-0.2, 0) is 26.6 Å². The molecule has 0 unspecified atom stereocenters. The molecule has 0 aliphatic carbocycles. The Labute approximate surface area is 195 Å². The van der Waals surface area contributed by atoms with Crippen molar-refractivity contribution in [1.29, 1.82) is 0 Å². The van der Waals surface area contributed by atoms with Crippen LogP contribution in [0.2, 0.25) is 0 Å². The highest BCUT2D eigenvalue weighted by Gasteiger charge is 2.26. The summed E-state index contributed by atoms with van der Waals surface area (Å²) in [4.78, 5) is 11.7. The van der Waals surface area contributed by atoms with Crippen LogP contribution in [0.1, 0.15) is 22.5 Å². The summed E-state index contributed by atoms with van der Waals surface area (Å²) in [7, 11) is 1.90. The van der Waals surface area contributed by atoms with Gasteiger partial charge in [-0.25, -0.2) is 14.4 Å². The zero-order valence-corrected chi connectivity index (χ0v) is 19.1. The minimum atomic E-state index is -0.268. The number of hydrogen-bond acceptors (Lipinski definition) is 7. The van der Waals surface area contributed by atoms with Crippen molar-refractivity contribution in [1.82, 2.24) is 29.0 Å². The number of nitrogens with zero attached hydrogens (tertiary/aromatic N) is 6. The fourth-order valence-corrected chi connectivity index (χ4v) is 4.85. The normalized spacial score (nSPS) is 16.0. The second kappa shape index (κ2) is 8.07. The molecule has 0 atom stereocenters. The van der Waals surface area contributed by atoms with Gasteiger partial charge < -0.3 is 15.2 Å². The molecule has 4 aromatic rings. The summed E-state index contributed by atoms with van der Waals surface area (Å²) in [5.74, 6) is 1.08. The van der Waals surface area contributed by atoms with Crippen molar-refractivity contribution in [2.24, 2.45) is 7.05 Å². The Kier molecular flexibility index (Phi) is 5.00. The number of fused-ring (bicyclic) bond motifs is 2. The second-order valence-electron chi connectivity index (χ2n) is 9.02. The van der Waals surface area contributed by atoms with Crippen LogP contribution in [0.15, 0.2) is 30.6 Å². The van der Waals surface area contributed by atoms with E-state index in [1.54, 1.807) is 12.3 Å². The van der Waals surface area contributed by atoms with Crippen molar-refractivity contribution >= 4 is 11.6 Å². The third-order valence-electron chi connectivity index (χ3n) is 6.51. The van der Waals surface area contributed by atoms with Gasteiger partial charge in [-0.15, -0.1) is 0 Å². The van der Waals surface area contributed by atoms with Crippen LogP contribution in [-0.4, -0.2) is 60.0 Å². The lowest BCUT2D eigenvalue weighted by molar-refractivity contribution is -0.00346. The molecule has 2 aliphatic rings. The van der Waals surface area contributed by atoms with E-state index in [1.807, 2.05) is 35.3 Å². The summed E-state index contributed by atoms with van der Waals surface area (Å²) in [5, 5.41) is 17.4. The van der Waals surface area contributed by atoms with Gasteiger partial charge >= 0.3 is 0 Å². The Balaban J connectivity index is 1.37. The molecular formula is C24H26FN7O2. The third kappa shape index (κ3) is 3.59. The van der Waals surface area contributed by atoms with Gasteiger partial charge in [-0.3, -0.25) is 14.0 Å². The largest absolute Gasteiger partial charge is 0.493 e. The number of anilines is 1. The zero-order chi connectivity index (χ0) is 23.4. The van der Waals surface area contributed by atoms with Crippen LogP contribution >= 0.6 is 0 Å². The van der Waals surface area contributed by atoms with Crippen LogP contribution in [0.25, 0.3) is 16.9 Å². The third-order valence-corrected chi connectivity index (χ3v) is 6.51. The molecule has 0 amide bonds. The minimum absolute atomic E-state index is 0.252. The van der Waals surface area contributed by atoms with Crippen molar-refractivity contribution < 1.29 is 14.2 Å². The molecule has 3 aromatic heterocycles. The monoisotopic (exact) mass is 463 g/mol. The minimum Gasteiger partial charge on any atom is -0.493 e. The SMILES string of the molecule is Cc1cc(-c2cnc(NCc3c(F)ccc4c3CCO4)n3cc(CN4CC(O)C4)nc23)n(C)n1. The van der Waals surface area contributed by atoms with Crippen molar-refractivity contribution in [2.75, 3.05) is 25.0 Å². The molecule has 1 saturated heterocycles. The van der Waals surface area contributed by atoms with Crippen LogP contribution < -0.4 is 10.1 Å². The molecule has 10 heteroatoms. The number of nitrogens with one attached hydrogen (secondary N) is 1. The number of aliphatic hydroxyl groups excluding tert-OH is 1. The summed E-state index contributed by atoms with van der Waals surface area (Å²) in [6.45, 7) is 4.74. The first kappa shape index (κ1) is 21.1. The Morgan fingerprint density at radius 1 is 1.29 bits per heavy atom. The molecule has 0 radical (unpaired) electrons. The van der Waals surface area contributed by atoms with E-state index < -0.39 is 0 Å². The van der Waals surface area contributed by atoms with E-state index in [1.165, 1.54) is 6.07 Å². The van der Waals surface area contributed by atoms with E-state index in [4.69, 9.17) is 9.72 Å². The number of halogens is 1. The molecule has 1 aromatic carbocycles. The molecule has 0 bridgehead atoms. The van der Waals surface area contributed by atoms with Crippen LogP contribution in [0.4, 0.5) is 10.3 Å². The molecule has 1 fully saturated rings. The highest BCUT2D eigenvalue weighted by Crippen LogP contribution is 2.31. The highest BCUT2D eigenvalue weighted by molar-refractivity contribution is 5.76. The maximum Gasteiger partial charge on any atom is 0.208 e. The molecule has 0 spiro atoms. The smallest absolute Gasteiger partial charge is 0.208 e. The van der Waals surface area contributed by atoms with E-state index >= 15 is 0 Å². The standard InChI is InChI=1S/C24H26FN7O2/c1-14-7-21(30(2)29-14)19-9-27-24(26-8-18-17-5-6-34-22(17)4-3-20(18)25)32-11-15(28-23(19)32)10-31-12-16(33)13-31/h3-4,7,9,11,16,33H,5-6,8,10,12-13H2,1-2H3,(H,26,27). The molecule has 5 heterocycles.